The minimum atomic E-state index is -0.261. The van der Waals surface area contributed by atoms with E-state index in [0.717, 1.165) is 11.8 Å². The van der Waals surface area contributed by atoms with Crippen LogP contribution in [0.5, 0.6) is 0 Å². The molecule has 0 aromatic rings. The maximum Gasteiger partial charge on any atom is 0.262 e. The van der Waals surface area contributed by atoms with Crippen LogP contribution in [0.4, 0.5) is 0 Å². The normalized spacial score (nSPS) is 26.2. The Morgan fingerprint density at radius 1 is 0.867 bits per heavy atom. The summed E-state index contributed by atoms with van der Waals surface area (Å²) in [7, 11) is 0. The molecule has 1 rings (SSSR count). The third-order valence-electron chi connectivity index (χ3n) is 4.37. The van der Waals surface area contributed by atoms with Gasteiger partial charge in [0.2, 0.25) is 0 Å². The topological polar surface area (TPSA) is 0 Å². The van der Waals surface area contributed by atoms with Crippen LogP contribution >= 0.6 is 0 Å². The van der Waals surface area contributed by atoms with Gasteiger partial charge in [-0.3, -0.25) is 0 Å². The Labute approximate surface area is 101 Å². The van der Waals surface area contributed by atoms with Gasteiger partial charge in [-0.05, 0) is 0 Å². The number of hydrogen-bond acceptors (Lipinski definition) is 0. The van der Waals surface area contributed by atoms with Crippen molar-refractivity contribution in [1.82, 2.24) is 0 Å². The van der Waals surface area contributed by atoms with Gasteiger partial charge in [0.25, 0.3) is 14.1 Å². The molecule has 0 amide bonds. The van der Waals surface area contributed by atoms with Crippen LogP contribution in [0.25, 0.3) is 0 Å². The van der Waals surface area contributed by atoms with Gasteiger partial charge < -0.3 is 0 Å². The highest BCUT2D eigenvalue weighted by molar-refractivity contribution is 6.59. The van der Waals surface area contributed by atoms with Crippen molar-refractivity contribution < 1.29 is 0 Å². The van der Waals surface area contributed by atoms with Crippen LogP contribution in [0.2, 0.25) is 15.8 Å². The third kappa shape index (κ3) is 4.50. The molecule has 1 aliphatic heterocycles. The van der Waals surface area contributed by atoms with Crippen molar-refractivity contribution in [2.24, 2.45) is 11.8 Å². The summed E-state index contributed by atoms with van der Waals surface area (Å²) >= 11 is -0.261. The Bertz CT molecular complexity index is 139. The molecule has 1 saturated heterocycles. The van der Waals surface area contributed by atoms with E-state index in [0.29, 0.717) is 0 Å². The fourth-order valence-corrected chi connectivity index (χ4v) is 7.12. The summed E-state index contributed by atoms with van der Waals surface area (Å²) in [5, 5.41) is 4.93. The second-order valence-corrected chi connectivity index (χ2v) is 9.04. The monoisotopic (exact) mass is 224 g/mol. The molecular formula is C14H29Al. The highest BCUT2D eigenvalue weighted by Crippen LogP contribution is 2.40. The zero-order valence-electron chi connectivity index (χ0n) is 11.1. The van der Waals surface area contributed by atoms with Gasteiger partial charge in [0.1, 0.15) is 0 Å². The van der Waals surface area contributed by atoms with Crippen LogP contribution in [0, 0.1) is 11.8 Å². The van der Waals surface area contributed by atoms with Gasteiger partial charge in [0, 0.05) is 0 Å². The SMILES string of the molecule is CCCCC1[CH2][Al]([CH2]C)[CH2]C1CCCC. The molecule has 0 bridgehead atoms. The zero-order valence-corrected chi connectivity index (χ0v) is 12.3. The lowest BCUT2D eigenvalue weighted by Gasteiger charge is -2.19. The van der Waals surface area contributed by atoms with Gasteiger partial charge in [-0.2, -0.15) is 0 Å². The largest absolute Gasteiger partial charge is 0.262 e. The quantitative estimate of drug-likeness (QED) is 0.526. The minimum absolute atomic E-state index is 0.261. The molecule has 0 spiro atoms. The van der Waals surface area contributed by atoms with Crippen molar-refractivity contribution >= 4 is 14.1 Å². The van der Waals surface area contributed by atoms with E-state index in [2.05, 4.69) is 20.8 Å². The Morgan fingerprint density at radius 3 is 1.67 bits per heavy atom. The number of unbranched alkanes of at least 4 members (excludes halogenated alkanes) is 2. The summed E-state index contributed by atoms with van der Waals surface area (Å²) in [5.41, 5.74) is 0. The van der Waals surface area contributed by atoms with Gasteiger partial charge in [-0.25, -0.2) is 0 Å². The fourth-order valence-electron chi connectivity index (χ4n) is 3.31. The summed E-state index contributed by atoms with van der Waals surface area (Å²) in [5.74, 6) is 2.29. The maximum absolute atomic E-state index is 2.44. The Morgan fingerprint density at radius 2 is 1.33 bits per heavy atom. The summed E-state index contributed by atoms with van der Waals surface area (Å²) < 4.78 is 0. The molecule has 2 unspecified atom stereocenters. The second-order valence-electron chi connectivity index (χ2n) is 5.55. The Balaban J connectivity index is 2.34. The molecule has 0 aromatic heterocycles. The zero-order chi connectivity index (χ0) is 11.1. The van der Waals surface area contributed by atoms with Crippen molar-refractivity contribution in [3.63, 3.8) is 0 Å². The third-order valence-corrected chi connectivity index (χ3v) is 8.07. The lowest BCUT2D eigenvalue weighted by atomic mass is 9.87. The van der Waals surface area contributed by atoms with E-state index >= 15 is 0 Å². The standard InChI is InChI=1S/C12H24.C2H5.Al/c1-5-7-9-11(3)12(4)10-8-6-2;1-2;/h11-12H,3-10H2,1-2H3;1H2,2H3;. The molecule has 0 aliphatic carbocycles. The summed E-state index contributed by atoms with van der Waals surface area (Å²) in [4.78, 5) is 0. The van der Waals surface area contributed by atoms with Crippen molar-refractivity contribution in [3.8, 4) is 0 Å². The Kier molecular flexibility index (Phi) is 7.02. The molecule has 1 aliphatic rings. The van der Waals surface area contributed by atoms with Gasteiger partial charge in [0.05, 0.1) is 0 Å². The van der Waals surface area contributed by atoms with Crippen molar-refractivity contribution in [2.75, 3.05) is 0 Å². The predicted molar refractivity (Wildman–Crippen MR) is 71.9 cm³/mol. The molecule has 1 fully saturated rings. The first kappa shape index (κ1) is 13.6. The molecule has 0 nitrogen and oxygen atoms in total. The first-order valence-electron chi connectivity index (χ1n) is 7.31. The summed E-state index contributed by atoms with van der Waals surface area (Å²) in [6.07, 6.45) is 8.86. The van der Waals surface area contributed by atoms with Crippen LogP contribution in [-0.4, -0.2) is 14.1 Å². The van der Waals surface area contributed by atoms with Crippen LogP contribution in [-0.2, 0) is 0 Å². The van der Waals surface area contributed by atoms with Gasteiger partial charge in [-0.1, -0.05) is 87.0 Å². The molecule has 0 saturated carbocycles. The van der Waals surface area contributed by atoms with E-state index in [4.69, 9.17) is 0 Å². The summed E-state index contributed by atoms with van der Waals surface area (Å²) in [6, 6.07) is 0. The van der Waals surface area contributed by atoms with Crippen LogP contribution in [0.1, 0.15) is 59.3 Å². The van der Waals surface area contributed by atoms with E-state index in [-0.39, 0.29) is 14.1 Å². The molecule has 0 radical (unpaired) electrons. The van der Waals surface area contributed by atoms with Crippen molar-refractivity contribution in [3.05, 3.63) is 0 Å². The predicted octanol–water partition coefficient (Wildman–Crippen LogP) is 5.13. The molecule has 1 heterocycles. The first-order valence-corrected chi connectivity index (χ1v) is 9.76. The molecular weight excluding hydrogens is 195 g/mol. The molecule has 15 heavy (non-hydrogen) atoms. The highest BCUT2D eigenvalue weighted by Gasteiger charge is 2.35. The van der Waals surface area contributed by atoms with Gasteiger partial charge >= 0.3 is 0 Å². The van der Waals surface area contributed by atoms with Gasteiger partial charge in [0.15, 0.2) is 0 Å². The van der Waals surface area contributed by atoms with Crippen molar-refractivity contribution in [1.29, 1.82) is 0 Å². The van der Waals surface area contributed by atoms with Crippen molar-refractivity contribution in [2.45, 2.75) is 75.1 Å². The second kappa shape index (κ2) is 7.75. The lowest BCUT2D eigenvalue weighted by molar-refractivity contribution is 0.348. The van der Waals surface area contributed by atoms with Crippen LogP contribution in [0.15, 0.2) is 0 Å². The average molecular weight is 224 g/mol. The van der Waals surface area contributed by atoms with E-state index < -0.39 is 0 Å². The molecule has 1 heteroatoms. The lowest BCUT2D eigenvalue weighted by Crippen LogP contribution is -2.06. The van der Waals surface area contributed by atoms with Gasteiger partial charge in [-0.15, -0.1) is 0 Å². The molecule has 88 valence electrons. The molecule has 0 N–H and O–H groups in total. The molecule has 0 aromatic carbocycles. The van der Waals surface area contributed by atoms with E-state index in [1.54, 1.807) is 28.7 Å². The Hall–Kier alpha value is 0.532. The number of hydrogen-bond donors (Lipinski definition) is 0. The smallest absolute Gasteiger partial charge is 0.0967 e. The first-order chi connectivity index (χ1) is 7.31. The fraction of sp³-hybridized carbons (Fsp3) is 1.00. The van der Waals surface area contributed by atoms with Crippen LogP contribution in [0.3, 0.4) is 0 Å². The minimum Gasteiger partial charge on any atom is -0.0967 e. The summed E-state index contributed by atoms with van der Waals surface area (Å²) in [6.45, 7) is 7.12. The highest BCUT2D eigenvalue weighted by atomic mass is 27.2. The van der Waals surface area contributed by atoms with Crippen LogP contribution < -0.4 is 0 Å². The molecule has 2 atom stereocenters. The van der Waals surface area contributed by atoms with E-state index in [9.17, 15) is 0 Å². The van der Waals surface area contributed by atoms with E-state index in [1.165, 1.54) is 25.7 Å². The maximum atomic E-state index is 2.44. The average Bonchev–Trinajstić information content (AvgIpc) is 2.66. The number of rotatable bonds is 7. The van der Waals surface area contributed by atoms with E-state index in [1.807, 2.05) is 0 Å².